The van der Waals surface area contributed by atoms with Crippen molar-refractivity contribution in [1.82, 2.24) is 5.32 Å². The maximum absolute atomic E-state index is 13.6. The molecule has 2 nitrogen and oxygen atoms in total. The van der Waals surface area contributed by atoms with Gasteiger partial charge in [0, 0.05) is 22.1 Å². The van der Waals surface area contributed by atoms with E-state index in [1.165, 1.54) is 6.07 Å². The average Bonchev–Trinajstić information content (AvgIpc) is 2.19. The van der Waals surface area contributed by atoms with Crippen LogP contribution in [0.25, 0.3) is 0 Å². The zero-order valence-corrected chi connectivity index (χ0v) is 10.7. The maximum Gasteiger partial charge on any atom is 0.128 e. The van der Waals surface area contributed by atoms with Crippen LogP contribution in [0.1, 0.15) is 31.4 Å². The van der Waals surface area contributed by atoms with E-state index in [-0.39, 0.29) is 18.0 Å². The first kappa shape index (κ1) is 12.0. The molecule has 1 aromatic carbocycles. The van der Waals surface area contributed by atoms with E-state index in [0.29, 0.717) is 11.6 Å². The Balaban J connectivity index is 2.02. The second-order valence-electron chi connectivity index (χ2n) is 4.38. The summed E-state index contributed by atoms with van der Waals surface area (Å²) in [6.45, 7) is 1.94. The van der Waals surface area contributed by atoms with Gasteiger partial charge in [-0.15, -0.1) is 0 Å². The van der Waals surface area contributed by atoms with Crippen molar-refractivity contribution < 1.29 is 9.50 Å². The number of aliphatic hydroxyl groups excluding tert-OH is 1. The molecule has 1 aliphatic carbocycles. The lowest BCUT2D eigenvalue weighted by Crippen LogP contribution is -2.45. The number of benzene rings is 1. The summed E-state index contributed by atoms with van der Waals surface area (Å²) >= 11 is 3.34. The van der Waals surface area contributed by atoms with Crippen LogP contribution in [0.3, 0.4) is 0 Å². The molecule has 0 radical (unpaired) electrons. The van der Waals surface area contributed by atoms with Crippen LogP contribution in [-0.2, 0) is 0 Å². The van der Waals surface area contributed by atoms with E-state index >= 15 is 0 Å². The van der Waals surface area contributed by atoms with E-state index < -0.39 is 0 Å². The Labute approximate surface area is 103 Å². The van der Waals surface area contributed by atoms with Crippen molar-refractivity contribution in [3.63, 3.8) is 0 Å². The smallest absolute Gasteiger partial charge is 0.128 e. The van der Waals surface area contributed by atoms with Crippen LogP contribution in [0.4, 0.5) is 4.39 Å². The summed E-state index contributed by atoms with van der Waals surface area (Å²) in [7, 11) is 0. The molecule has 1 aromatic rings. The third-order valence-corrected chi connectivity index (χ3v) is 3.52. The molecule has 2 rings (SSSR count). The van der Waals surface area contributed by atoms with Crippen molar-refractivity contribution in [2.75, 3.05) is 0 Å². The molecule has 16 heavy (non-hydrogen) atoms. The molecule has 0 amide bonds. The van der Waals surface area contributed by atoms with Crippen LogP contribution in [0.5, 0.6) is 0 Å². The first-order valence-electron chi connectivity index (χ1n) is 5.45. The molecule has 1 saturated carbocycles. The molecule has 0 aliphatic heterocycles. The molecule has 1 atom stereocenters. The van der Waals surface area contributed by atoms with Crippen molar-refractivity contribution in [3.05, 3.63) is 34.1 Å². The first-order chi connectivity index (χ1) is 7.56. The normalized spacial score (nSPS) is 26.2. The van der Waals surface area contributed by atoms with Crippen molar-refractivity contribution in [3.8, 4) is 0 Å². The van der Waals surface area contributed by atoms with Crippen LogP contribution in [0.15, 0.2) is 22.7 Å². The molecule has 1 aliphatic rings. The minimum Gasteiger partial charge on any atom is -0.393 e. The van der Waals surface area contributed by atoms with Gasteiger partial charge in [-0.05, 0) is 38.0 Å². The number of hydrogen-bond donors (Lipinski definition) is 2. The number of aliphatic hydroxyl groups is 1. The summed E-state index contributed by atoms with van der Waals surface area (Å²) < 4.78 is 14.4. The predicted molar refractivity (Wildman–Crippen MR) is 64.7 cm³/mol. The SMILES string of the molecule is CC(NC1CC(O)C1)c1cc(Br)ccc1F. The van der Waals surface area contributed by atoms with Crippen LogP contribution < -0.4 is 5.32 Å². The number of nitrogens with one attached hydrogen (secondary N) is 1. The molecule has 0 saturated heterocycles. The van der Waals surface area contributed by atoms with Crippen LogP contribution in [0.2, 0.25) is 0 Å². The summed E-state index contributed by atoms with van der Waals surface area (Å²) in [4.78, 5) is 0. The summed E-state index contributed by atoms with van der Waals surface area (Å²) in [5.41, 5.74) is 0.663. The second-order valence-corrected chi connectivity index (χ2v) is 5.29. The Morgan fingerprint density at radius 2 is 2.19 bits per heavy atom. The fourth-order valence-corrected chi connectivity index (χ4v) is 2.39. The Morgan fingerprint density at radius 1 is 1.50 bits per heavy atom. The lowest BCUT2D eigenvalue weighted by atomic mass is 9.88. The predicted octanol–water partition coefficient (Wildman–Crippen LogP) is 2.76. The first-order valence-corrected chi connectivity index (χ1v) is 6.24. The van der Waals surface area contributed by atoms with Gasteiger partial charge in [0.25, 0.3) is 0 Å². The van der Waals surface area contributed by atoms with Gasteiger partial charge in [0.2, 0.25) is 0 Å². The maximum atomic E-state index is 13.6. The van der Waals surface area contributed by atoms with Gasteiger partial charge in [-0.1, -0.05) is 15.9 Å². The molecule has 4 heteroatoms. The van der Waals surface area contributed by atoms with Gasteiger partial charge < -0.3 is 10.4 Å². The van der Waals surface area contributed by atoms with E-state index in [1.807, 2.05) is 6.92 Å². The number of halogens is 2. The minimum absolute atomic E-state index is 0.0324. The quantitative estimate of drug-likeness (QED) is 0.896. The number of rotatable bonds is 3. The van der Waals surface area contributed by atoms with Crippen LogP contribution >= 0.6 is 15.9 Å². The highest BCUT2D eigenvalue weighted by atomic mass is 79.9. The van der Waals surface area contributed by atoms with Gasteiger partial charge in [0.15, 0.2) is 0 Å². The fraction of sp³-hybridized carbons (Fsp3) is 0.500. The van der Waals surface area contributed by atoms with Gasteiger partial charge in [0.1, 0.15) is 5.82 Å². The Kier molecular flexibility index (Phi) is 3.62. The minimum atomic E-state index is -0.192. The lowest BCUT2D eigenvalue weighted by molar-refractivity contribution is 0.0584. The standard InChI is InChI=1S/C12H15BrFNO/c1-7(15-9-5-10(16)6-9)11-4-8(13)2-3-12(11)14/h2-4,7,9-10,15-16H,5-6H2,1H3. The summed E-state index contributed by atoms with van der Waals surface area (Å²) in [5.74, 6) is -0.192. The van der Waals surface area contributed by atoms with E-state index in [9.17, 15) is 9.50 Å². The van der Waals surface area contributed by atoms with Crippen LogP contribution in [0, 0.1) is 5.82 Å². The highest BCUT2D eigenvalue weighted by Gasteiger charge is 2.28. The topological polar surface area (TPSA) is 32.3 Å². The Hall–Kier alpha value is -0.450. The zero-order valence-electron chi connectivity index (χ0n) is 9.08. The van der Waals surface area contributed by atoms with Gasteiger partial charge in [0.05, 0.1) is 6.10 Å². The summed E-state index contributed by atoms with van der Waals surface area (Å²) in [6.07, 6.45) is 1.34. The van der Waals surface area contributed by atoms with E-state index in [0.717, 1.165) is 17.3 Å². The highest BCUT2D eigenvalue weighted by Crippen LogP contribution is 2.26. The average molecular weight is 288 g/mol. The van der Waals surface area contributed by atoms with E-state index in [4.69, 9.17) is 0 Å². The second kappa shape index (κ2) is 4.82. The largest absolute Gasteiger partial charge is 0.393 e. The van der Waals surface area contributed by atoms with Gasteiger partial charge in [-0.3, -0.25) is 0 Å². The molecule has 1 unspecified atom stereocenters. The Morgan fingerprint density at radius 3 is 2.81 bits per heavy atom. The summed E-state index contributed by atoms with van der Waals surface area (Å²) in [6, 6.07) is 5.23. The fourth-order valence-electron chi connectivity index (χ4n) is 2.01. The molecule has 0 aromatic heterocycles. The van der Waals surface area contributed by atoms with Gasteiger partial charge >= 0.3 is 0 Å². The monoisotopic (exact) mass is 287 g/mol. The Bertz CT molecular complexity index is 379. The molecule has 88 valence electrons. The van der Waals surface area contributed by atoms with Crippen molar-refractivity contribution in [2.24, 2.45) is 0 Å². The highest BCUT2D eigenvalue weighted by molar-refractivity contribution is 9.10. The van der Waals surface area contributed by atoms with Crippen molar-refractivity contribution in [2.45, 2.75) is 38.0 Å². The van der Waals surface area contributed by atoms with Gasteiger partial charge in [-0.25, -0.2) is 4.39 Å². The lowest BCUT2D eigenvalue weighted by Gasteiger charge is -2.34. The number of hydrogen-bond acceptors (Lipinski definition) is 2. The molecule has 0 spiro atoms. The zero-order chi connectivity index (χ0) is 11.7. The third kappa shape index (κ3) is 2.62. The van der Waals surface area contributed by atoms with Crippen molar-refractivity contribution >= 4 is 15.9 Å². The summed E-state index contributed by atoms with van der Waals surface area (Å²) in [5, 5.41) is 12.5. The van der Waals surface area contributed by atoms with Crippen LogP contribution in [-0.4, -0.2) is 17.3 Å². The molecule has 0 bridgehead atoms. The third-order valence-electron chi connectivity index (χ3n) is 3.02. The molecule has 1 fully saturated rings. The molecule has 0 heterocycles. The van der Waals surface area contributed by atoms with Gasteiger partial charge in [-0.2, -0.15) is 0 Å². The molecular weight excluding hydrogens is 273 g/mol. The molecular formula is C12H15BrFNO. The van der Waals surface area contributed by atoms with E-state index in [2.05, 4.69) is 21.2 Å². The van der Waals surface area contributed by atoms with Crippen molar-refractivity contribution in [1.29, 1.82) is 0 Å². The van der Waals surface area contributed by atoms with E-state index in [1.54, 1.807) is 12.1 Å². The molecule has 2 N–H and O–H groups in total.